The predicted molar refractivity (Wildman–Crippen MR) is 43.7 cm³/mol. The Morgan fingerprint density at radius 3 is 2.91 bits per heavy atom. The first kappa shape index (κ1) is 7.87. The van der Waals surface area contributed by atoms with Gasteiger partial charge in [0.2, 0.25) is 5.91 Å². The minimum Gasteiger partial charge on any atom is -0.345 e. The summed E-state index contributed by atoms with van der Waals surface area (Å²) in [5.74, 6) is 2.56. The number of carbonyl (C=O) groups is 1. The number of allylic oxidation sites excluding steroid dienone is 1. The largest absolute Gasteiger partial charge is 0.345 e. The molecule has 1 aliphatic rings. The molecule has 1 N–H and O–H groups in total. The van der Waals surface area contributed by atoms with Gasteiger partial charge >= 0.3 is 0 Å². The molecule has 0 aromatic carbocycles. The van der Waals surface area contributed by atoms with E-state index in [0.717, 1.165) is 18.4 Å². The molecule has 2 heteroatoms. The summed E-state index contributed by atoms with van der Waals surface area (Å²) in [5, 5.41) is 2.64. The third-order valence-electron chi connectivity index (χ3n) is 1.81. The molecule has 0 aromatic rings. The van der Waals surface area contributed by atoms with Crippen LogP contribution in [0.15, 0.2) is 12.2 Å². The molecule has 1 rings (SSSR count). The predicted octanol–water partition coefficient (Wildman–Crippen LogP) is 0.702. The van der Waals surface area contributed by atoms with Gasteiger partial charge in [0.15, 0.2) is 0 Å². The van der Waals surface area contributed by atoms with Crippen LogP contribution in [0.2, 0.25) is 0 Å². The molecule has 2 nitrogen and oxygen atoms in total. The van der Waals surface area contributed by atoms with Crippen molar-refractivity contribution in [2.45, 2.75) is 12.8 Å². The zero-order valence-electron chi connectivity index (χ0n) is 6.39. The first-order valence-corrected chi connectivity index (χ1v) is 3.62. The summed E-state index contributed by atoms with van der Waals surface area (Å²) in [6.07, 6.45) is 6.64. The molecule has 0 atom stereocenters. The molecule has 1 saturated carbocycles. The lowest BCUT2D eigenvalue weighted by atomic mass is 9.80. The van der Waals surface area contributed by atoms with Crippen LogP contribution in [0.25, 0.3) is 0 Å². The van der Waals surface area contributed by atoms with E-state index in [2.05, 4.69) is 17.8 Å². The molecule has 1 fully saturated rings. The summed E-state index contributed by atoms with van der Waals surface area (Å²) in [4.78, 5) is 11.1. The fourth-order valence-corrected chi connectivity index (χ4v) is 1.11. The average molecular weight is 149 g/mol. The van der Waals surface area contributed by atoms with Gasteiger partial charge in [0.05, 0.1) is 6.54 Å². The summed E-state index contributed by atoms with van der Waals surface area (Å²) >= 11 is 0. The Bertz CT molecular complexity index is 216. The molecule has 0 aromatic heterocycles. The summed E-state index contributed by atoms with van der Waals surface area (Å²) in [6, 6.07) is 0. The second-order valence-corrected chi connectivity index (χ2v) is 2.78. The van der Waals surface area contributed by atoms with Gasteiger partial charge in [0.1, 0.15) is 0 Å². The summed E-state index contributed by atoms with van der Waals surface area (Å²) in [6.45, 7) is 4.09. The van der Waals surface area contributed by atoms with E-state index < -0.39 is 0 Å². The maximum Gasteiger partial charge on any atom is 0.224 e. The van der Waals surface area contributed by atoms with E-state index >= 15 is 0 Å². The summed E-state index contributed by atoms with van der Waals surface area (Å²) < 4.78 is 0. The van der Waals surface area contributed by atoms with Gasteiger partial charge in [0.25, 0.3) is 0 Å². The lowest BCUT2D eigenvalue weighted by molar-refractivity contribution is -0.125. The molecular formula is C9H11NO. The van der Waals surface area contributed by atoms with Crippen LogP contribution in [0.3, 0.4) is 0 Å². The van der Waals surface area contributed by atoms with Crippen LogP contribution in [-0.2, 0) is 4.79 Å². The summed E-state index contributed by atoms with van der Waals surface area (Å²) in [5.41, 5.74) is 1.16. The Labute approximate surface area is 66.7 Å². The Balaban J connectivity index is 2.22. The van der Waals surface area contributed by atoms with Crippen LogP contribution in [0.4, 0.5) is 0 Å². The Kier molecular flexibility index (Phi) is 2.32. The molecule has 1 aliphatic carbocycles. The van der Waals surface area contributed by atoms with Crippen molar-refractivity contribution in [2.75, 3.05) is 6.54 Å². The Morgan fingerprint density at radius 1 is 1.82 bits per heavy atom. The van der Waals surface area contributed by atoms with Gasteiger partial charge in [-0.3, -0.25) is 4.79 Å². The molecule has 1 amide bonds. The van der Waals surface area contributed by atoms with Crippen molar-refractivity contribution in [1.29, 1.82) is 0 Å². The highest BCUT2D eigenvalue weighted by Gasteiger charge is 2.27. The first-order chi connectivity index (χ1) is 5.24. The quantitative estimate of drug-likeness (QED) is 0.454. The van der Waals surface area contributed by atoms with E-state index in [1.165, 1.54) is 0 Å². The molecule has 0 unspecified atom stereocenters. The molecule has 0 bridgehead atoms. The molecular weight excluding hydrogens is 138 g/mol. The zero-order valence-corrected chi connectivity index (χ0v) is 6.39. The lowest BCUT2D eigenvalue weighted by Crippen LogP contribution is -2.35. The van der Waals surface area contributed by atoms with Crippen molar-refractivity contribution < 1.29 is 4.79 Å². The van der Waals surface area contributed by atoms with Crippen molar-refractivity contribution in [1.82, 2.24) is 5.32 Å². The fourth-order valence-electron chi connectivity index (χ4n) is 1.11. The highest BCUT2D eigenvalue weighted by molar-refractivity contribution is 5.80. The van der Waals surface area contributed by atoms with Gasteiger partial charge in [-0.25, -0.2) is 0 Å². The molecule has 58 valence electrons. The Hall–Kier alpha value is -1.23. The SMILES string of the molecule is C#CCNC(=O)C1CC(=C)C1. The van der Waals surface area contributed by atoms with E-state index in [9.17, 15) is 4.79 Å². The lowest BCUT2D eigenvalue weighted by Gasteiger charge is -2.26. The highest BCUT2D eigenvalue weighted by Crippen LogP contribution is 2.31. The van der Waals surface area contributed by atoms with Gasteiger partial charge in [-0.2, -0.15) is 0 Å². The molecule has 0 saturated heterocycles. The second-order valence-electron chi connectivity index (χ2n) is 2.78. The third kappa shape index (κ3) is 1.84. The van der Waals surface area contributed by atoms with Crippen LogP contribution in [0, 0.1) is 18.3 Å². The van der Waals surface area contributed by atoms with Crippen LogP contribution in [-0.4, -0.2) is 12.5 Å². The first-order valence-electron chi connectivity index (χ1n) is 3.62. The second kappa shape index (κ2) is 3.25. The van der Waals surface area contributed by atoms with Crippen LogP contribution < -0.4 is 5.32 Å². The van der Waals surface area contributed by atoms with E-state index in [-0.39, 0.29) is 11.8 Å². The monoisotopic (exact) mass is 149 g/mol. The number of rotatable bonds is 2. The molecule has 0 spiro atoms. The number of carbonyl (C=O) groups excluding carboxylic acids is 1. The molecule has 11 heavy (non-hydrogen) atoms. The van der Waals surface area contributed by atoms with Crippen LogP contribution >= 0.6 is 0 Å². The maximum atomic E-state index is 11.1. The van der Waals surface area contributed by atoms with E-state index in [1.807, 2.05) is 0 Å². The van der Waals surface area contributed by atoms with E-state index in [4.69, 9.17) is 6.42 Å². The number of hydrogen-bond acceptors (Lipinski definition) is 1. The Morgan fingerprint density at radius 2 is 2.45 bits per heavy atom. The third-order valence-corrected chi connectivity index (χ3v) is 1.81. The van der Waals surface area contributed by atoms with Gasteiger partial charge in [-0.05, 0) is 12.8 Å². The highest BCUT2D eigenvalue weighted by atomic mass is 16.1. The van der Waals surface area contributed by atoms with Gasteiger partial charge in [-0.15, -0.1) is 6.42 Å². The minimum absolute atomic E-state index is 0.0651. The van der Waals surface area contributed by atoms with Gasteiger partial charge < -0.3 is 5.32 Å². The number of terminal acetylenes is 1. The minimum atomic E-state index is 0.0651. The normalized spacial score (nSPS) is 16.8. The smallest absolute Gasteiger partial charge is 0.224 e. The summed E-state index contributed by atoms with van der Waals surface area (Å²) in [7, 11) is 0. The molecule has 0 heterocycles. The van der Waals surface area contributed by atoms with Crippen molar-refractivity contribution in [3.8, 4) is 12.3 Å². The van der Waals surface area contributed by atoms with Crippen molar-refractivity contribution in [3.05, 3.63) is 12.2 Å². The maximum absolute atomic E-state index is 11.1. The van der Waals surface area contributed by atoms with E-state index in [1.54, 1.807) is 0 Å². The van der Waals surface area contributed by atoms with Crippen molar-refractivity contribution >= 4 is 5.91 Å². The number of hydrogen-bond donors (Lipinski definition) is 1. The van der Waals surface area contributed by atoms with Gasteiger partial charge in [0, 0.05) is 5.92 Å². The number of nitrogens with one attached hydrogen (secondary N) is 1. The van der Waals surface area contributed by atoms with E-state index in [0.29, 0.717) is 6.54 Å². The molecule has 0 aliphatic heterocycles. The van der Waals surface area contributed by atoms with Gasteiger partial charge in [-0.1, -0.05) is 18.1 Å². The average Bonchev–Trinajstić information content (AvgIpc) is 1.94. The van der Waals surface area contributed by atoms with Crippen molar-refractivity contribution in [2.24, 2.45) is 5.92 Å². The molecule has 0 radical (unpaired) electrons. The van der Waals surface area contributed by atoms with Crippen LogP contribution in [0.5, 0.6) is 0 Å². The van der Waals surface area contributed by atoms with Crippen molar-refractivity contribution in [3.63, 3.8) is 0 Å². The zero-order chi connectivity index (χ0) is 8.27. The number of amides is 1. The standard InChI is InChI=1S/C9H11NO/c1-3-4-10-9(11)8-5-7(2)6-8/h1,8H,2,4-6H2,(H,10,11). The fraction of sp³-hybridized carbons (Fsp3) is 0.444. The van der Waals surface area contributed by atoms with Crippen LogP contribution in [0.1, 0.15) is 12.8 Å². The topological polar surface area (TPSA) is 29.1 Å².